The number of rotatable bonds is 3. The number of hydrogen-bond acceptors (Lipinski definition) is 5. The van der Waals surface area contributed by atoms with E-state index >= 15 is 0 Å². The molecule has 2 aliphatic heterocycles. The quantitative estimate of drug-likeness (QED) is 0.866. The normalized spacial score (nSPS) is 20.3. The Morgan fingerprint density at radius 1 is 1.11 bits per heavy atom. The Kier molecular flexibility index (Phi) is 5.27. The van der Waals surface area contributed by atoms with Crippen LogP contribution < -0.4 is 15.4 Å². The van der Waals surface area contributed by atoms with Crippen LogP contribution in [0.1, 0.15) is 12.8 Å². The summed E-state index contributed by atoms with van der Waals surface area (Å²) in [5.74, 6) is -0.166. The molecule has 28 heavy (non-hydrogen) atoms. The molecule has 3 heterocycles. The van der Waals surface area contributed by atoms with Crippen LogP contribution in [0.4, 0.5) is 15.8 Å². The number of piperazine rings is 1. The first-order valence-electron chi connectivity index (χ1n) is 9.70. The molecular formula is C20H24FN5O2. The summed E-state index contributed by atoms with van der Waals surface area (Å²) in [6.45, 7) is 3.85. The van der Waals surface area contributed by atoms with E-state index in [9.17, 15) is 14.0 Å². The zero-order chi connectivity index (χ0) is 19.5. The van der Waals surface area contributed by atoms with E-state index in [1.165, 1.54) is 12.1 Å². The molecule has 2 aliphatic rings. The first-order valence-corrected chi connectivity index (χ1v) is 9.70. The van der Waals surface area contributed by atoms with Crippen LogP contribution in [0, 0.1) is 11.7 Å². The predicted octanol–water partition coefficient (Wildman–Crippen LogP) is 1.47. The number of halogens is 1. The second kappa shape index (κ2) is 8.00. The van der Waals surface area contributed by atoms with Gasteiger partial charge in [-0.1, -0.05) is 12.1 Å². The lowest BCUT2D eigenvalue weighted by Gasteiger charge is -2.40. The van der Waals surface area contributed by atoms with E-state index in [4.69, 9.17) is 0 Å². The van der Waals surface area contributed by atoms with Crippen LogP contribution in [-0.4, -0.2) is 60.3 Å². The molecule has 1 aromatic carbocycles. The minimum atomic E-state index is -0.241. The molecule has 4 rings (SSSR count). The molecule has 2 aromatic rings. The Balaban J connectivity index is 1.37. The van der Waals surface area contributed by atoms with Gasteiger partial charge in [-0.15, -0.1) is 0 Å². The largest absolute Gasteiger partial charge is 0.369 e. The topological polar surface area (TPSA) is 72.5 Å². The summed E-state index contributed by atoms with van der Waals surface area (Å²) in [4.78, 5) is 30.5. The van der Waals surface area contributed by atoms with Crippen LogP contribution in [0.3, 0.4) is 0 Å². The zero-order valence-corrected chi connectivity index (χ0v) is 15.7. The minimum absolute atomic E-state index is 0.0898. The Hall–Kier alpha value is -2.90. The zero-order valence-electron chi connectivity index (χ0n) is 15.7. The molecule has 0 spiro atoms. The van der Waals surface area contributed by atoms with E-state index in [1.807, 2.05) is 15.9 Å². The van der Waals surface area contributed by atoms with Gasteiger partial charge in [-0.2, -0.15) is 5.10 Å². The summed E-state index contributed by atoms with van der Waals surface area (Å²) in [7, 11) is 0. The number of benzene rings is 1. The summed E-state index contributed by atoms with van der Waals surface area (Å²) in [5.41, 5.74) is 1.11. The molecule has 2 saturated heterocycles. The minimum Gasteiger partial charge on any atom is -0.369 e. The Bertz CT molecular complexity index is 894. The second-order valence-electron chi connectivity index (χ2n) is 7.35. The molecular weight excluding hydrogens is 361 g/mol. The average molecular weight is 385 g/mol. The van der Waals surface area contributed by atoms with Gasteiger partial charge in [0.2, 0.25) is 5.91 Å². The molecule has 0 saturated carbocycles. The predicted molar refractivity (Wildman–Crippen MR) is 105 cm³/mol. The molecule has 8 heteroatoms. The van der Waals surface area contributed by atoms with Gasteiger partial charge in [-0.3, -0.25) is 9.59 Å². The number of piperidine rings is 1. The monoisotopic (exact) mass is 385 g/mol. The first kappa shape index (κ1) is 18.5. The Morgan fingerprint density at radius 2 is 1.89 bits per heavy atom. The lowest BCUT2D eigenvalue weighted by atomic mass is 9.96. The van der Waals surface area contributed by atoms with E-state index in [0.29, 0.717) is 38.4 Å². The van der Waals surface area contributed by atoms with Crippen LogP contribution in [-0.2, 0) is 4.79 Å². The summed E-state index contributed by atoms with van der Waals surface area (Å²) in [6.07, 6.45) is 3.37. The van der Waals surface area contributed by atoms with Crippen LogP contribution in [0.25, 0.3) is 0 Å². The fraction of sp³-hybridized carbons (Fsp3) is 0.450. The van der Waals surface area contributed by atoms with Crippen LogP contribution in [0.5, 0.6) is 0 Å². The van der Waals surface area contributed by atoms with Crippen molar-refractivity contribution in [1.29, 1.82) is 0 Å². The number of aromatic amines is 1. The highest BCUT2D eigenvalue weighted by atomic mass is 19.1. The molecule has 1 amide bonds. The first-order chi connectivity index (χ1) is 13.6. The third-order valence-electron chi connectivity index (χ3n) is 5.57. The number of amides is 1. The van der Waals surface area contributed by atoms with Crippen molar-refractivity contribution in [2.24, 2.45) is 5.92 Å². The van der Waals surface area contributed by atoms with Crippen LogP contribution in [0.15, 0.2) is 41.3 Å². The molecule has 0 aliphatic carbocycles. The number of hydrogen-bond donors (Lipinski definition) is 1. The smallest absolute Gasteiger partial charge is 0.266 e. The van der Waals surface area contributed by atoms with Crippen molar-refractivity contribution >= 4 is 17.3 Å². The van der Waals surface area contributed by atoms with Gasteiger partial charge >= 0.3 is 0 Å². The van der Waals surface area contributed by atoms with Crippen molar-refractivity contribution in [3.8, 4) is 0 Å². The molecule has 1 aromatic heterocycles. The maximum absolute atomic E-state index is 14.0. The standard InChI is InChI=1S/C20H24FN5O2/c21-17-5-1-2-6-18(17)24-8-10-25(11-9-24)20(28)15-4-3-7-26(14-15)16-12-19(27)23-22-13-16/h1-2,5-6,12-13,15H,3-4,7-11,14H2,(H,23,27)/t15-/m1/s1. The highest BCUT2D eigenvalue weighted by molar-refractivity contribution is 5.80. The van der Waals surface area contributed by atoms with Gasteiger partial charge in [0.25, 0.3) is 5.56 Å². The molecule has 0 radical (unpaired) electrons. The van der Waals surface area contributed by atoms with Crippen molar-refractivity contribution in [2.75, 3.05) is 49.1 Å². The van der Waals surface area contributed by atoms with E-state index in [0.717, 1.165) is 25.1 Å². The highest BCUT2D eigenvalue weighted by Gasteiger charge is 2.31. The van der Waals surface area contributed by atoms with Gasteiger partial charge in [0.1, 0.15) is 5.82 Å². The summed E-state index contributed by atoms with van der Waals surface area (Å²) in [5, 5.41) is 6.23. The number of carbonyl (C=O) groups is 1. The number of aromatic nitrogens is 2. The average Bonchev–Trinajstić information content (AvgIpc) is 2.74. The van der Waals surface area contributed by atoms with Crippen molar-refractivity contribution < 1.29 is 9.18 Å². The van der Waals surface area contributed by atoms with Crippen LogP contribution in [0.2, 0.25) is 0 Å². The van der Waals surface area contributed by atoms with Gasteiger partial charge < -0.3 is 14.7 Å². The van der Waals surface area contributed by atoms with Gasteiger partial charge in [-0.05, 0) is 25.0 Å². The number of carbonyl (C=O) groups excluding carboxylic acids is 1. The molecule has 1 atom stereocenters. The van der Waals surface area contributed by atoms with E-state index < -0.39 is 0 Å². The van der Waals surface area contributed by atoms with Gasteiger partial charge in [0, 0.05) is 45.3 Å². The van der Waals surface area contributed by atoms with Crippen molar-refractivity contribution in [2.45, 2.75) is 12.8 Å². The molecule has 7 nitrogen and oxygen atoms in total. The summed E-state index contributed by atoms with van der Waals surface area (Å²) < 4.78 is 14.0. The number of nitrogens with zero attached hydrogens (tertiary/aromatic N) is 4. The SMILES string of the molecule is O=C([C@@H]1CCCN(c2cn[nH]c(=O)c2)C1)N1CCN(c2ccccc2F)CC1. The highest BCUT2D eigenvalue weighted by Crippen LogP contribution is 2.25. The number of nitrogens with one attached hydrogen (secondary N) is 1. The summed E-state index contributed by atoms with van der Waals surface area (Å²) >= 11 is 0. The summed E-state index contributed by atoms with van der Waals surface area (Å²) in [6, 6.07) is 8.28. The lowest BCUT2D eigenvalue weighted by molar-refractivity contribution is -0.136. The van der Waals surface area contributed by atoms with Crippen molar-refractivity contribution in [3.05, 3.63) is 52.7 Å². The van der Waals surface area contributed by atoms with Gasteiger partial charge in [-0.25, -0.2) is 9.49 Å². The molecule has 0 unspecified atom stereocenters. The fourth-order valence-corrected chi connectivity index (χ4v) is 4.09. The fourth-order valence-electron chi connectivity index (χ4n) is 4.09. The van der Waals surface area contributed by atoms with E-state index in [1.54, 1.807) is 18.3 Å². The molecule has 1 N–H and O–H groups in total. The molecule has 2 fully saturated rings. The van der Waals surface area contributed by atoms with E-state index in [2.05, 4.69) is 15.1 Å². The third kappa shape index (κ3) is 3.85. The maximum atomic E-state index is 14.0. The number of anilines is 2. The van der Waals surface area contributed by atoms with Crippen LogP contribution >= 0.6 is 0 Å². The maximum Gasteiger partial charge on any atom is 0.266 e. The second-order valence-corrected chi connectivity index (χ2v) is 7.35. The lowest BCUT2D eigenvalue weighted by Crippen LogP contribution is -2.52. The van der Waals surface area contributed by atoms with Gasteiger partial charge in [0.05, 0.1) is 23.5 Å². The van der Waals surface area contributed by atoms with Crippen molar-refractivity contribution in [3.63, 3.8) is 0 Å². The molecule has 148 valence electrons. The van der Waals surface area contributed by atoms with E-state index in [-0.39, 0.29) is 23.2 Å². The Labute approximate surface area is 162 Å². The Morgan fingerprint density at radius 3 is 2.64 bits per heavy atom. The third-order valence-corrected chi connectivity index (χ3v) is 5.57. The number of H-pyrrole nitrogens is 1. The van der Waals surface area contributed by atoms with Gasteiger partial charge in [0.15, 0.2) is 0 Å². The molecule has 0 bridgehead atoms. The van der Waals surface area contributed by atoms with Crippen molar-refractivity contribution in [1.82, 2.24) is 15.1 Å². The number of para-hydroxylation sites is 1.